The summed E-state index contributed by atoms with van der Waals surface area (Å²) >= 11 is 0. The first-order chi connectivity index (χ1) is 14.6. The van der Waals surface area contributed by atoms with E-state index in [0.29, 0.717) is 12.1 Å². The second-order valence-electron chi connectivity index (χ2n) is 7.79. The van der Waals surface area contributed by atoms with Gasteiger partial charge in [0.1, 0.15) is 17.2 Å². The molecule has 0 radical (unpaired) electrons. The Labute approximate surface area is 177 Å². The molecule has 30 heavy (non-hydrogen) atoms. The number of nitrogens with one attached hydrogen (secondary N) is 1. The van der Waals surface area contributed by atoms with Crippen molar-refractivity contribution in [3.05, 3.63) is 83.8 Å². The summed E-state index contributed by atoms with van der Waals surface area (Å²) in [6, 6.07) is 19.4. The number of para-hydroxylation sites is 1. The Morgan fingerprint density at radius 3 is 2.57 bits per heavy atom. The fraction of sp³-hybridized carbons (Fsp3) is 0.320. The molecule has 0 saturated heterocycles. The molecule has 2 heterocycles. The first-order valence-electron chi connectivity index (χ1n) is 10.6. The monoisotopic (exact) mass is 404 g/mol. The number of hydrogen-bond donors (Lipinski definition) is 1. The van der Waals surface area contributed by atoms with Gasteiger partial charge in [-0.3, -0.25) is 4.79 Å². The summed E-state index contributed by atoms with van der Waals surface area (Å²) in [6.45, 7) is 5.31. The van der Waals surface area contributed by atoms with E-state index in [1.807, 2.05) is 72.5 Å². The van der Waals surface area contributed by atoms with Gasteiger partial charge in [0.15, 0.2) is 0 Å². The lowest BCUT2D eigenvalue weighted by Gasteiger charge is -2.46. The molecule has 5 nitrogen and oxygen atoms in total. The predicted octanol–water partition coefficient (Wildman–Crippen LogP) is 5.79. The fourth-order valence-corrected chi connectivity index (χ4v) is 3.89. The number of ether oxygens (including phenoxy) is 1. The third-order valence-electron chi connectivity index (χ3n) is 5.65. The molecule has 4 rings (SSSR count). The van der Waals surface area contributed by atoms with E-state index in [4.69, 9.17) is 9.15 Å². The topological polar surface area (TPSA) is 54.7 Å². The number of nitrogens with zero attached hydrogens (tertiary/aromatic N) is 1. The smallest absolute Gasteiger partial charge is 0.258 e. The van der Waals surface area contributed by atoms with E-state index in [1.54, 1.807) is 6.26 Å². The van der Waals surface area contributed by atoms with Crippen LogP contribution in [0.2, 0.25) is 0 Å². The van der Waals surface area contributed by atoms with E-state index < -0.39 is 5.66 Å². The van der Waals surface area contributed by atoms with Crippen LogP contribution >= 0.6 is 0 Å². The maximum Gasteiger partial charge on any atom is 0.258 e. The average Bonchev–Trinajstić information content (AvgIpc) is 3.28. The second-order valence-corrected chi connectivity index (χ2v) is 7.79. The minimum Gasteiger partial charge on any atom is -0.494 e. The maximum atomic E-state index is 13.4. The number of rotatable bonds is 8. The minimum atomic E-state index is -0.723. The van der Waals surface area contributed by atoms with Gasteiger partial charge >= 0.3 is 0 Å². The zero-order chi connectivity index (χ0) is 21.0. The number of fused-ring (bicyclic) bond motifs is 1. The molecule has 156 valence electrons. The third kappa shape index (κ3) is 3.92. The zero-order valence-corrected chi connectivity index (χ0v) is 17.6. The van der Waals surface area contributed by atoms with E-state index in [2.05, 4.69) is 12.2 Å². The highest BCUT2D eigenvalue weighted by atomic mass is 16.5. The van der Waals surface area contributed by atoms with Crippen LogP contribution in [0.4, 0.5) is 5.69 Å². The van der Waals surface area contributed by atoms with E-state index >= 15 is 0 Å². The molecule has 1 atom stereocenters. The molecule has 0 aliphatic carbocycles. The molecule has 1 N–H and O–H groups in total. The van der Waals surface area contributed by atoms with Crippen LogP contribution in [0.15, 0.2) is 71.3 Å². The summed E-state index contributed by atoms with van der Waals surface area (Å²) in [6.07, 6.45) is 5.03. The number of hydrogen-bond acceptors (Lipinski definition) is 4. The normalized spacial score (nSPS) is 18.1. The number of carbonyl (C=O) groups is 1. The summed E-state index contributed by atoms with van der Waals surface area (Å²) in [5, 5.41) is 3.58. The van der Waals surface area contributed by atoms with Gasteiger partial charge < -0.3 is 19.4 Å². The highest BCUT2D eigenvalue weighted by Crippen LogP contribution is 2.39. The first-order valence-corrected chi connectivity index (χ1v) is 10.6. The minimum absolute atomic E-state index is 0.0249. The summed E-state index contributed by atoms with van der Waals surface area (Å²) in [5.41, 5.74) is 1.76. The molecule has 1 amide bonds. The van der Waals surface area contributed by atoms with Crippen molar-refractivity contribution in [1.29, 1.82) is 0 Å². The van der Waals surface area contributed by atoms with Crippen molar-refractivity contribution < 1.29 is 13.9 Å². The number of furan rings is 1. The molecule has 3 aromatic rings. The fourth-order valence-electron chi connectivity index (χ4n) is 3.89. The summed E-state index contributed by atoms with van der Waals surface area (Å²) in [5.74, 6) is 1.56. The molecule has 0 fully saturated rings. The van der Waals surface area contributed by atoms with Crippen LogP contribution in [-0.4, -0.2) is 17.4 Å². The second kappa shape index (κ2) is 8.66. The van der Waals surface area contributed by atoms with Crippen LogP contribution in [0, 0.1) is 0 Å². The average molecular weight is 405 g/mol. The van der Waals surface area contributed by atoms with Gasteiger partial charge in [0.05, 0.1) is 25.0 Å². The Morgan fingerprint density at radius 1 is 1.03 bits per heavy atom. The number of carbonyl (C=O) groups excluding carboxylic acids is 1. The van der Waals surface area contributed by atoms with Crippen molar-refractivity contribution in [3.63, 3.8) is 0 Å². The molecular formula is C25H28N2O3. The van der Waals surface area contributed by atoms with E-state index in [0.717, 1.165) is 35.8 Å². The number of anilines is 1. The summed E-state index contributed by atoms with van der Waals surface area (Å²) in [4.78, 5) is 15.2. The summed E-state index contributed by atoms with van der Waals surface area (Å²) in [7, 11) is 0. The zero-order valence-electron chi connectivity index (χ0n) is 17.6. The van der Waals surface area contributed by atoms with Gasteiger partial charge in [0.2, 0.25) is 0 Å². The lowest BCUT2D eigenvalue weighted by molar-refractivity contribution is 0.0487. The molecule has 0 spiro atoms. The van der Waals surface area contributed by atoms with Gasteiger partial charge in [0.25, 0.3) is 5.91 Å². The van der Waals surface area contributed by atoms with Crippen LogP contribution in [0.25, 0.3) is 0 Å². The van der Waals surface area contributed by atoms with Crippen molar-refractivity contribution in [2.24, 2.45) is 0 Å². The van der Waals surface area contributed by atoms with Crippen molar-refractivity contribution in [2.45, 2.75) is 45.3 Å². The Bertz CT molecular complexity index is 982. The molecule has 1 unspecified atom stereocenters. The Balaban J connectivity index is 1.63. The van der Waals surface area contributed by atoms with Crippen LogP contribution in [0.3, 0.4) is 0 Å². The number of unbranched alkanes of at least 4 members (excludes halogenated alkanes) is 2. The molecular weight excluding hydrogens is 376 g/mol. The number of benzene rings is 2. The highest BCUT2D eigenvalue weighted by molar-refractivity contribution is 6.02. The third-order valence-corrected chi connectivity index (χ3v) is 5.65. The first kappa shape index (κ1) is 20.1. The predicted molar refractivity (Wildman–Crippen MR) is 117 cm³/mol. The van der Waals surface area contributed by atoms with E-state index in [1.165, 1.54) is 12.8 Å². The Morgan fingerprint density at radius 2 is 1.83 bits per heavy atom. The van der Waals surface area contributed by atoms with Crippen molar-refractivity contribution in [2.75, 3.05) is 11.9 Å². The maximum absolute atomic E-state index is 13.4. The van der Waals surface area contributed by atoms with Crippen molar-refractivity contribution >= 4 is 11.6 Å². The SMILES string of the molecule is CCCCCOc1ccc(C2(C)Nc3ccccc3C(=O)N2Cc2ccco2)cc1. The van der Waals surface area contributed by atoms with Gasteiger partial charge in [-0.2, -0.15) is 0 Å². The lowest BCUT2D eigenvalue weighted by atomic mass is 9.93. The van der Waals surface area contributed by atoms with Crippen LogP contribution in [0.5, 0.6) is 5.75 Å². The standard InChI is InChI=1S/C25H28N2O3/c1-3-4-7-16-29-20-14-12-19(13-15-20)25(2)26-23-11-6-5-10-22(23)24(28)27(25)18-21-9-8-17-30-21/h5-6,8-15,17,26H,3-4,7,16,18H2,1-2H3. The van der Waals surface area contributed by atoms with Gasteiger partial charge in [-0.25, -0.2) is 0 Å². The largest absolute Gasteiger partial charge is 0.494 e. The van der Waals surface area contributed by atoms with Crippen LogP contribution < -0.4 is 10.1 Å². The van der Waals surface area contributed by atoms with E-state index in [9.17, 15) is 4.79 Å². The Hall–Kier alpha value is -3.21. The molecule has 0 saturated carbocycles. The van der Waals surface area contributed by atoms with Gasteiger partial charge in [0, 0.05) is 5.69 Å². The highest BCUT2D eigenvalue weighted by Gasteiger charge is 2.42. The van der Waals surface area contributed by atoms with Gasteiger partial charge in [-0.1, -0.05) is 44.0 Å². The van der Waals surface area contributed by atoms with E-state index in [-0.39, 0.29) is 5.91 Å². The van der Waals surface area contributed by atoms with Gasteiger partial charge in [-0.15, -0.1) is 0 Å². The van der Waals surface area contributed by atoms with Crippen molar-refractivity contribution in [3.8, 4) is 5.75 Å². The summed E-state index contributed by atoms with van der Waals surface area (Å²) < 4.78 is 11.4. The lowest BCUT2D eigenvalue weighted by Crippen LogP contribution is -2.55. The van der Waals surface area contributed by atoms with Gasteiger partial charge in [-0.05, 0) is 55.3 Å². The van der Waals surface area contributed by atoms with Crippen LogP contribution in [-0.2, 0) is 12.2 Å². The molecule has 1 aromatic heterocycles. The molecule has 0 bridgehead atoms. The molecule has 1 aliphatic rings. The number of amides is 1. The Kier molecular flexibility index (Phi) is 5.79. The van der Waals surface area contributed by atoms with Crippen molar-refractivity contribution in [1.82, 2.24) is 4.90 Å². The quantitative estimate of drug-likeness (QED) is 0.483. The molecule has 1 aliphatic heterocycles. The molecule has 2 aromatic carbocycles. The van der Waals surface area contributed by atoms with Crippen LogP contribution in [0.1, 0.15) is 54.8 Å². The molecule has 5 heteroatoms.